The van der Waals surface area contributed by atoms with Gasteiger partial charge in [-0.25, -0.2) is 4.79 Å². The molecule has 1 saturated heterocycles. The van der Waals surface area contributed by atoms with Crippen LogP contribution in [0.1, 0.15) is 93.9 Å². The molecule has 5 N–H and O–H groups in total. The Morgan fingerprint density at radius 3 is 2.48 bits per heavy atom. The standard InChI is InChI=1S/C32H45N5O3/c1-2-3-19-32(21-24-10-6-4-7-11-24)29(39)37(30(33)36-32)23-26-16-14-25(15-17-26)22-34-31(40)35-28(18-20-38)27-12-8-5-9-13-27/h5,8-9,12-17,24,28,38H,2-4,6-7,10-11,18-23H2,1H3,(H2,33,36)(H2,34,35,40)/t28-,32?/m1/s1. The van der Waals surface area contributed by atoms with Crippen LogP contribution >= 0.6 is 0 Å². The van der Waals surface area contributed by atoms with Crippen LogP contribution in [0.4, 0.5) is 4.79 Å². The molecular formula is C32H45N5O3. The number of nitrogens with one attached hydrogen (secondary N) is 4. The van der Waals surface area contributed by atoms with Gasteiger partial charge in [-0.2, -0.15) is 0 Å². The van der Waals surface area contributed by atoms with Crippen LogP contribution in [0.5, 0.6) is 0 Å². The summed E-state index contributed by atoms with van der Waals surface area (Å²) in [6, 6.07) is 16.9. The van der Waals surface area contributed by atoms with Gasteiger partial charge in [0.15, 0.2) is 5.96 Å². The Hall–Kier alpha value is -3.39. The van der Waals surface area contributed by atoms with Crippen LogP contribution < -0.4 is 16.0 Å². The van der Waals surface area contributed by atoms with Crippen molar-refractivity contribution in [1.29, 1.82) is 5.41 Å². The molecule has 2 aromatic rings. The molecule has 8 nitrogen and oxygen atoms in total. The van der Waals surface area contributed by atoms with Gasteiger partial charge in [-0.05, 0) is 41.9 Å². The van der Waals surface area contributed by atoms with Crippen LogP contribution in [-0.2, 0) is 17.9 Å². The third kappa shape index (κ3) is 7.62. The minimum absolute atomic E-state index is 0.0197. The van der Waals surface area contributed by atoms with Crippen molar-refractivity contribution in [3.8, 4) is 0 Å². The number of nitrogens with zero attached hydrogens (tertiary/aromatic N) is 1. The Balaban J connectivity index is 1.33. The van der Waals surface area contributed by atoms with Crippen molar-refractivity contribution in [3.05, 3.63) is 71.3 Å². The normalized spacial score (nSPS) is 20.3. The molecule has 2 fully saturated rings. The van der Waals surface area contributed by atoms with Crippen LogP contribution in [-0.4, -0.2) is 40.1 Å². The molecule has 0 aromatic heterocycles. The molecule has 0 spiro atoms. The van der Waals surface area contributed by atoms with Gasteiger partial charge >= 0.3 is 6.03 Å². The number of rotatable bonds is 13. The Kier molecular flexibility index (Phi) is 10.6. The molecule has 216 valence electrons. The van der Waals surface area contributed by atoms with Gasteiger partial charge in [-0.1, -0.05) is 106 Å². The van der Waals surface area contributed by atoms with Gasteiger partial charge in [0.05, 0.1) is 12.6 Å². The van der Waals surface area contributed by atoms with E-state index in [2.05, 4.69) is 22.9 Å². The summed E-state index contributed by atoms with van der Waals surface area (Å²) in [7, 11) is 0. The molecule has 1 aliphatic carbocycles. The molecule has 1 saturated carbocycles. The first-order valence-electron chi connectivity index (χ1n) is 14.9. The number of benzene rings is 2. The fourth-order valence-electron chi connectivity index (χ4n) is 6.10. The van der Waals surface area contributed by atoms with E-state index >= 15 is 0 Å². The van der Waals surface area contributed by atoms with Crippen LogP contribution in [0.15, 0.2) is 54.6 Å². The van der Waals surface area contributed by atoms with E-state index in [1.807, 2.05) is 54.6 Å². The summed E-state index contributed by atoms with van der Waals surface area (Å²) < 4.78 is 0. The highest BCUT2D eigenvalue weighted by molar-refractivity contribution is 6.07. The fourth-order valence-corrected chi connectivity index (χ4v) is 6.10. The second kappa shape index (κ2) is 14.3. The van der Waals surface area contributed by atoms with Crippen molar-refractivity contribution in [2.75, 3.05) is 6.61 Å². The Morgan fingerprint density at radius 1 is 1.10 bits per heavy atom. The molecule has 2 aromatic carbocycles. The number of hydrogen-bond donors (Lipinski definition) is 5. The molecule has 2 aliphatic rings. The third-order valence-electron chi connectivity index (χ3n) is 8.34. The van der Waals surface area contributed by atoms with E-state index in [1.165, 1.54) is 32.1 Å². The molecule has 8 heteroatoms. The average molecular weight is 548 g/mol. The van der Waals surface area contributed by atoms with Crippen LogP contribution in [0, 0.1) is 11.3 Å². The number of aliphatic hydroxyl groups is 1. The molecule has 1 heterocycles. The second-order valence-corrected chi connectivity index (χ2v) is 11.4. The predicted molar refractivity (Wildman–Crippen MR) is 158 cm³/mol. The summed E-state index contributed by atoms with van der Waals surface area (Å²) in [6.45, 7) is 2.84. The maximum Gasteiger partial charge on any atom is 0.315 e. The zero-order valence-corrected chi connectivity index (χ0v) is 23.8. The number of unbranched alkanes of at least 4 members (excludes halogenated alkanes) is 1. The highest BCUT2D eigenvalue weighted by atomic mass is 16.3. The molecule has 4 rings (SSSR count). The van der Waals surface area contributed by atoms with E-state index in [0.29, 0.717) is 25.4 Å². The number of amides is 3. The van der Waals surface area contributed by atoms with Gasteiger partial charge in [0.1, 0.15) is 5.54 Å². The van der Waals surface area contributed by atoms with E-state index < -0.39 is 5.54 Å². The summed E-state index contributed by atoms with van der Waals surface area (Å²) in [4.78, 5) is 27.9. The SMILES string of the molecule is CCCCC1(CC2CCCCC2)NC(=N)N(Cc2ccc(CNC(=O)N[C@H](CCO)c3ccccc3)cc2)C1=O. The smallest absolute Gasteiger partial charge is 0.315 e. The quantitative estimate of drug-likeness (QED) is 0.232. The monoisotopic (exact) mass is 547 g/mol. The van der Waals surface area contributed by atoms with Crippen LogP contribution in [0.3, 0.4) is 0 Å². The van der Waals surface area contributed by atoms with Crippen LogP contribution in [0.2, 0.25) is 0 Å². The highest BCUT2D eigenvalue weighted by Crippen LogP contribution is 2.36. The third-order valence-corrected chi connectivity index (χ3v) is 8.34. The first-order chi connectivity index (χ1) is 19.4. The second-order valence-electron chi connectivity index (χ2n) is 11.4. The van der Waals surface area contributed by atoms with Crippen molar-refractivity contribution in [1.82, 2.24) is 20.9 Å². The molecular weight excluding hydrogens is 502 g/mol. The lowest BCUT2D eigenvalue weighted by Gasteiger charge is -2.33. The van der Waals surface area contributed by atoms with Gasteiger partial charge in [-0.15, -0.1) is 0 Å². The summed E-state index contributed by atoms with van der Waals surface area (Å²) in [5.41, 5.74) is 2.18. The van der Waals surface area contributed by atoms with Crippen LogP contribution in [0.25, 0.3) is 0 Å². The zero-order chi connectivity index (χ0) is 28.4. The lowest BCUT2D eigenvalue weighted by molar-refractivity contribution is -0.132. The number of aliphatic hydroxyl groups excluding tert-OH is 1. The maximum absolute atomic E-state index is 13.8. The number of urea groups is 1. The van der Waals surface area contributed by atoms with E-state index in [9.17, 15) is 14.7 Å². The first kappa shape index (κ1) is 29.6. The lowest BCUT2D eigenvalue weighted by atomic mass is 9.77. The molecule has 0 bridgehead atoms. The molecule has 2 atom stereocenters. The maximum atomic E-state index is 13.8. The molecule has 0 radical (unpaired) electrons. The van der Waals surface area contributed by atoms with E-state index in [4.69, 9.17) is 5.41 Å². The van der Waals surface area contributed by atoms with Gasteiger partial charge in [0, 0.05) is 13.2 Å². The van der Waals surface area contributed by atoms with E-state index in [-0.39, 0.29) is 30.5 Å². The lowest BCUT2D eigenvalue weighted by Crippen LogP contribution is -2.48. The fraction of sp³-hybridized carbons (Fsp3) is 0.531. The van der Waals surface area contributed by atoms with Crippen molar-refractivity contribution >= 4 is 17.9 Å². The summed E-state index contributed by atoms with van der Waals surface area (Å²) in [6.07, 6.45) is 10.1. The Bertz CT molecular complexity index is 1120. The molecule has 40 heavy (non-hydrogen) atoms. The zero-order valence-electron chi connectivity index (χ0n) is 23.8. The van der Waals surface area contributed by atoms with Gasteiger partial charge in [-0.3, -0.25) is 15.1 Å². The number of carbonyl (C=O) groups excluding carboxylic acids is 2. The predicted octanol–water partition coefficient (Wildman–Crippen LogP) is 5.38. The largest absolute Gasteiger partial charge is 0.396 e. The van der Waals surface area contributed by atoms with E-state index in [0.717, 1.165) is 42.4 Å². The molecule has 1 aliphatic heterocycles. The summed E-state index contributed by atoms with van der Waals surface area (Å²) in [5, 5.41) is 27.2. The minimum Gasteiger partial charge on any atom is -0.396 e. The van der Waals surface area contributed by atoms with Crippen molar-refractivity contribution in [2.24, 2.45) is 5.92 Å². The minimum atomic E-state index is -0.653. The number of guanidine groups is 1. The Morgan fingerprint density at radius 2 is 1.80 bits per heavy atom. The van der Waals surface area contributed by atoms with Crippen molar-refractivity contribution < 1.29 is 14.7 Å². The topological polar surface area (TPSA) is 118 Å². The molecule has 3 amide bonds. The first-order valence-corrected chi connectivity index (χ1v) is 14.9. The number of hydrogen-bond acceptors (Lipinski definition) is 4. The highest BCUT2D eigenvalue weighted by Gasteiger charge is 2.49. The van der Waals surface area contributed by atoms with Gasteiger partial charge in [0.2, 0.25) is 0 Å². The average Bonchev–Trinajstić information content (AvgIpc) is 3.20. The molecule has 1 unspecified atom stereocenters. The van der Waals surface area contributed by atoms with E-state index in [1.54, 1.807) is 4.90 Å². The Labute approximate surface area is 238 Å². The van der Waals surface area contributed by atoms with Gasteiger partial charge in [0.25, 0.3) is 5.91 Å². The van der Waals surface area contributed by atoms with Crippen molar-refractivity contribution in [3.63, 3.8) is 0 Å². The van der Waals surface area contributed by atoms with Crippen molar-refractivity contribution in [2.45, 2.75) is 95.8 Å². The number of carbonyl (C=O) groups is 2. The van der Waals surface area contributed by atoms with Gasteiger partial charge < -0.3 is 21.1 Å². The summed E-state index contributed by atoms with van der Waals surface area (Å²) >= 11 is 0. The summed E-state index contributed by atoms with van der Waals surface area (Å²) in [5.74, 6) is 0.787.